The largest absolute Gasteiger partial charge is 0.354 e. The fourth-order valence-electron chi connectivity index (χ4n) is 3.04. The number of benzene rings is 1. The molecule has 6 heteroatoms. The normalized spacial score (nSPS) is 17.4. The van der Waals surface area contributed by atoms with Gasteiger partial charge in [0.2, 0.25) is 5.91 Å². The number of hydrogen-bond acceptors (Lipinski definition) is 2. The molecule has 0 bridgehead atoms. The minimum Gasteiger partial charge on any atom is -0.354 e. The van der Waals surface area contributed by atoms with Crippen LogP contribution in [0, 0.1) is 11.8 Å². The Labute approximate surface area is 168 Å². The molecule has 1 fully saturated rings. The van der Waals surface area contributed by atoms with Gasteiger partial charge in [0.25, 0.3) is 0 Å². The van der Waals surface area contributed by atoms with E-state index in [1.807, 2.05) is 20.9 Å². The lowest BCUT2D eigenvalue weighted by Crippen LogP contribution is -2.43. The number of nitrogens with one attached hydrogen (secondary N) is 2. The van der Waals surface area contributed by atoms with Crippen LogP contribution in [0.4, 0.5) is 0 Å². The molecule has 1 unspecified atom stereocenters. The molecule has 1 aliphatic heterocycles. The standard InChI is InChI=1S/C19H30N4O.HI/c1-15(2)18(24)21-10-11-22-19(20-3)23-12-9-17(14-23)13-16-7-5-4-6-8-16;/h4-8,15,17H,9-14H2,1-3H3,(H,20,22)(H,21,24);1H. The van der Waals surface area contributed by atoms with Gasteiger partial charge in [0.05, 0.1) is 0 Å². The van der Waals surface area contributed by atoms with E-state index in [1.54, 1.807) is 0 Å². The van der Waals surface area contributed by atoms with Crippen LogP contribution in [0.3, 0.4) is 0 Å². The third-order valence-electron chi connectivity index (χ3n) is 4.40. The molecule has 0 aliphatic carbocycles. The molecule has 5 nitrogen and oxygen atoms in total. The van der Waals surface area contributed by atoms with E-state index in [0.29, 0.717) is 19.0 Å². The summed E-state index contributed by atoms with van der Waals surface area (Å²) in [5, 5.41) is 6.27. The summed E-state index contributed by atoms with van der Waals surface area (Å²) in [5.74, 6) is 1.73. The molecule has 1 aliphatic rings. The highest BCUT2D eigenvalue weighted by Crippen LogP contribution is 2.20. The number of halogens is 1. The summed E-state index contributed by atoms with van der Waals surface area (Å²) in [6.45, 7) is 7.20. The molecule has 0 spiro atoms. The van der Waals surface area contributed by atoms with Crippen LogP contribution in [-0.4, -0.2) is 50.0 Å². The van der Waals surface area contributed by atoms with Gasteiger partial charge >= 0.3 is 0 Å². The van der Waals surface area contributed by atoms with Crippen molar-refractivity contribution in [3.05, 3.63) is 35.9 Å². The summed E-state index contributed by atoms with van der Waals surface area (Å²) in [4.78, 5) is 18.2. The van der Waals surface area contributed by atoms with Crippen molar-refractivity contribution in [1.82, 2.24) is 15.5 Å². The second-order valence-electron chi connectivity index (χ2n) is 6.71. The van der Waals surface area contributed by atoms with Gasteiger partial charge < -0.3 is 15.5 Å². The first-order valence-corrected chi connectivity index (χ1v) is 8.87. The summed E-state index contributed by atoms with van der Waals surface area (Å²) >= 11 is 0. The van der Waals surface area contributed by atoms with Gasteiger partial charge in [-0.1, -0.05) is 44.2 Å². The van der Waals surface area contributed by atoms with E-state index in [4.69, 9.17) is 0 Å². The number of amides is 1. The Kier molecular flexibility index (Phi) is 9.85. The number of likely N-dealkylation sites (tertiary alicyclic amines) is 1. The molecule has 1 aromatic carbocycles. The van der Waals surface area contributed by atoms with Crippen LogP contribution in [0.5, 0.6) is 0 Å². The monoisotopic (exact) mass is 458 g/mol. The molecule has 1 saturated heterocycles. The van der Waals surface area contributed by atoms with Crippen LogP contribution >= 0.6 is 24.0 Å². The molecule has 0 radical (unpaired) electrons. The number of rotatable bonds is 6. The van der Waals surface area contributed by atoms with Gasteiger partial charge in [0.15, 0.2) is 5.96 Å². The summed E-state index contributed by atoms with van der Waals surface area (Å²) in [5.41, 5.74) is 1.41. The Hall–Kier alpha value is -1.31. The van der Waals surface area contributed by atoms with Crippen LogP contribution in [0.1, 0.15) is 25.8 Å². The quantitative estimate of drug-likeness (QED) is 0.298. The van der Waals surface area contributed by atoms with E-state index >= 15 is 0 Å². The van der Waals surface area contributed by atoms with Crippen molar-refractivity contribution in [1.29, 1.82) is 0 Å². The van der Waals surface area contributed by atoms with E-state index in [1.165, 1.54) is 12.0 Å². The van der Waals surface area contributed by atoms with Crippen LogP contribution in [-0.2, 0) is 11.2 Å². The lowest BCUT2D eigenvalue weighted by Gasteiger charge is -2.22. The minimum absolute atomic E-state index is 0. The third kappa shape index (κ3) is 7.22. The average molecular weight is 458 g/mol. The number of carbonyl (C=O) groups excluding carboxylic acids is 1. The smallest absolute Gasteiger partial charge is 0.222 e. The maximum absolute atomic E-state index is 11.6. The first kappa shape index (κ1) is 21.7. The maximum atomic E-state index is 11.6. The van der Waals surface area contributed by atoms with Gasteiger partial charge in [-0.15, -0.1) is 24.0 Å². The molecule has 2 rings (SSSR count). The molecular weight excluding hydrogens is 427 g/mol. The maximum Gasteiger partial charge on any atom is 0.222 e. The van der Waals surface area contributed by atoms with E-state index < -0.39 is 0 Å². The van der Waals surface area contributed by atoms with Crippen molar-refractivity contribution < 1.29 is 4.79 Å². The topological polar surface area (TPSA) is 56.7 Å². The molecule has 1 amide bonds. The molecule has 0 saturated carbocycles. The van der Waals surface area contributed by atoms with Crippen LogP contribution in [0.25, 0.3) is 0 Å². The van der Waals surface area contributed by atoms with E-state index in [2.05, 4.69) is 50.9 Å². The van der Waals surface area contributed by atoms with Crippen molar-refractivity contribution in [2.45, 2.75) is 26.7 Å². The van der Waals surface area contributed by atoms with Crippen molar-refractivity contribution in [2.75, 3.05) is 33.2 Å². The highest BCUT2D eigenvalue weighted by molar-refractivity contribution is 14.0. The fourth-order valence-corrected chi connectivity index (χ4v) is 3.04. The molecule has 25 heavy (non-hydrogen) atoms. The zero-order valence-electron chi connectivity index (χ0n) is 15.5. The Morgan fingerprint density at radius 1 is 1.24 bits per heavy atom. The minimum atomic E-state index is 0. The molecule has 140 valence electrons. The highest BCUT2D eigenvalue weighted by atomic mass is 127. The molecule has 1 atom stereocenters. The predicted molar refractivity (Wildman–Crippen MR) is 114 cm³/mol. The Morgan fingerprint density at radius 3 is 2.56 bits per heavy atom. The lowest BCUT2D eigenvalue weighted by molar-refractivity contribution is -0.123. The van der Waals surface area contributed by atoms with Crippen molar-refractivity contribution in [3.63, 3.8) is 0 Å². The van der Waals surface area contributed by atoms with Crippen LogP contribution in [0.15, 0.2) is 35.3 Å². The van der Waals surface area contributed by atoms with E-state index in [0.717, 1.165) is 25.5 Å². The third-order valence-corrected chi connectivity index (χ3v) is 4.40. The molecule has 2 N–H and O–H groups in total. The average Bonchev–Trinajstić information content (AvgIpc) is 3.03. The Morgan fingerprint density at radius 2 is 1.92 bits per heavy atom. The SMILES string of the molecule is CN=C(NCCNC(=O)C(C)C)N1CCC(Cc2ccccc2)C1.I. The molecule has 1 aromatic rings. The number of carbonyl (C=O) groups is 1. The van der Waals surface area contributed by atoms with Gasteiger partial charge in [-0.3, -0.25) is 9.79 Å². The summed E-state index contributed by atoms with van der Waals surface area (Å²) in [6, 6.07) is 10.7. The Bertz CT molecular complexity index is 548. The van der Waals surface area contributed by atoms with Crippen LogP contribution in [0.2, 0.25) is 0 Å². The molecule has 1 heterocycles. The number of nitrogens with zero attached hydrogens (tertiary/aromatic N) is 2. The number of hydrogen-bond donors (Lipinski definition) is 2. The van der Waals surface area contributed by atoms with Gasteiger partial charge in [-0.25, -0.2) is 0 Å². The molecule has 0 aromatic heterocycles. The summed E-state index contributed by atoms with van der Waals surface area (Å²) < 4.78 is 0. The zero-order chi connectivity index (χ0) is 17.4. The second-order valence-corrected chi connectivity index (χ2v) is 6.71. The van der Waals surface area contributed by atoms with E-state index in [-0.39, 0.29) is 35.8 Å². The number of guanidine groups is 1. The fraction of sp³-hybridized carbons (Fsp3) is 0.579. The zero-order valence-corrected chi connectivity index (χ0v) is 17.8. The highest BCUT2D eigenvalue weighted by Gasteiger charge is 2.24. The second kappa shape index (κ2) is 11.3. The van der Waals surface area contributed by atoms with Crippen molar-refractivity contribution >= 4 is 35.8 Å². The van der Waals surface area contributed by atoms with Gasteiger partial charge in [-0.05, 0) is 24.3 Å². The lowest BCUT2D eigenvalue weighted by atomic mass is 9.99. The summed E-state index contributed by atoms with van der Waals surface area (Å²) in [6.07, 6.45) is 2.32. The predicted octanol–water partition coefficient (Wildman–Crippen LogP) is 2.52. The first-order chi connectivity index (χ1) is 11.6. The Balaban J connectivity index is 0.00000312. The van der Waals surface area contributed by atoms with Gasteiger partial charge in [-0.2, -0.15) is 0 Å². The first-order valence-electron chi connectivity index (χ1n) is 8.87. The van der Waals surface area contributed by atoms with E-state index in [9.17, 15) is 4.79 Å². The molecular formula is C19H31IN4O. The van der Waals surface area contributed by atoms with Gasteiger partial charge in [0, 0.05) is 39.1 Å². The summed E-state index contributed by atoms with van der Waals surface area (Å²) in [7, 11) is 1.82. The van der Waals surface area contributed by atoms with Crippen LogP contribution < -0.4 is 10.6 Å². The number of aliphatic imine (C=N–C) groups is 1. The van der Waals surface area contributed by atoms with Crippen molar-refractivity contribution in [3.8, 4) is 0 Å². The van der Waals surface area contributed by atoms with Crippen molar-refractivity contribution in [2.24, 2.45) is 16.8 Å². The van der Waals surface area contributed by atoms with Gasteiger partial charge in [0.1, 0.15) is 0 Å².